The predicted molar refractivity (Wildman–Crippen MR) is 83.3 cm³/mol. The van der Waals surface area contributed by atoms with E-state index in [9.17, 15) is 4.79 Å². The number of anilines is 1. The van der Waals surface area contributed by atoms with Crippen LogP contribution in [0, 0.1) is 0 Å². The number of carbonyl (C=O) groups excluding carboxylic acids is 1. The number of benzene rings is 1. The molecule has 0 saturated carbocycles. The minimum atomic E-state index is -0.205. The molecule has 2 aromatic rings. The normalized spacial score (nSPS) is 12.2. The predicted octanol–water partition coefficient (Wildman–Crippen LogP) is 3.45. The molecular weight excluding hydrogens is 317 g/mol. The highest BCUT2D eigenvalue weighted by molar-refractivity contribution is 7.13. The standard InChI is InChI=1S/C13H13Cl2N3OS/c1-7(10-3-2-8(14)4-11(10)15)17-12(19)5-9-6-20-13(16)18-9/h2-4,6-7H,5H2,1H3,(H2,16,18)(H,17,19). The summed E-state index contributed by atoms with van der Waals surface area (Å²) in [6, 6.07) is 4.99. The molecule has 0 aliphatic heterocycles. The van der Waals surface area contributed by atoms with Gasteiger partial charge in [0.2, 0.25) is 5.91 Å². The lowest BCUT2D eigenvalue weighted by molar-refractivity contribution is -0.121. The van der Waals surface area contributed by atoms with E-state index in [0.717, 1.165) is 5.56 Å². The average Bonchev–Trinajstić information content (AvgIpc) is 2.74. The molecule has 0 aliphatic rings. The third-order valence-corrected chi connectivity index (χ3v) is 4.00. The molecule has 1 heterocycles. The van der Waals surface area contributed by atoms with Gasteiger partial charge in [-0.2, -0.15) is 0 Å². The Morgan fingerprint density at radius 2 is 2.25 bits per heavy atom. The Hall–Kier alpha value is -1.30. The number of nitrogens with two attached hydrogens (primary N) is 1. The molecule has 1 atom stereocenters. The van der Waals surface area contributed by atoms with E-state index in [-0.39, 0.29) is 18.4 Å². The van der Waals surface area contributed by atoms with E-state index in [1.165, 1.54) is 11.3 Å². The van der Waals surface area contributed by atoms with Crippen LogP contribution >= 0.6 is 34.5 Å². The Balaban J connectivity index is 2.00. The van der Waals surface area contributed by atoms with E-state index >= 15 is 0 Å². The Morgan fingerprint density at radius 3 is 2.85 bits per heavy atom. The van der Waals surface area contributed by atoms with E-state index in [4.69, 9.17) is 28.9 Å². The number of rotatable bonds is 4. The highest BCUT2D eigenvalue weighted by Gasteiger charge is 2.14. The number of hydrogen-bond acceptors (Lipinski definition) is 4. The van der Waals surface area contributed by atoms with Crippen LogP contribution in [-0.4, -0.2) is 10.9 Å². The number of hydrogen-bond donors (Lipinski definition) is 2. The van der Waals surface area contributed by atoms with Gasteiger partial charge in [0, 0.05) is 15.4 Å². The van der Waals surface area contributed by atoms with E-state index < -0.39 is 0 Å². The van der Waals surface area contributed by atoms with Crippen LogP contribution in [0.2, 0.25) is 10.0 Å². The molecule has 106 valence electrons. The van der Waals surface area contributed by atoms with Gasteiger partial charge in [-0.25, -0.2) is 4.98 Å². The number of halogens is 2. The van der Waals surface area contributed by atoms with Crippen molar-refractivity contribution in [2.45, 2.75) is 19.4 Å². The van der Waals surface area contributed by atoms with Crippen molar-refractivity contribution >= 4 is 45.6 Å². The molecule has 0 fully saturated rings. The number of thiazole rings is 1. The van der Waals surface area contributed by atoms with Crippen molar-refractivity contribution in [3.8, 4) is 0 Å². The van der Waals surface area contributed by atoms with Crippen LogP contribution in [-0.2, 0) is 11.2 Å². The smallest absolute Gasteiger partial charge is 0.226 e. The quantitative estimate of drug-likeness (QED) is 0.902. The Labute approximate surface area is 130 Å². The largest absolute Gasteiger partial charge is 0.375 e. The van der Waals surface area contributed by atoms with Crippen LogP contribution in [0.5, 0.6) is 0 Å². The molecule has 0 spiro atoms. The molecule has 4 nitrogen and oxygen atoms in total. The van der Waals surface area contributed by atoms with Crippen molar-refractivity contribution < 1.29 is 4.79 Å². The van der Waals surface area contributed by atoms with Gasteiger partial charge in [-0.05, 0) is 24.6 Å². The molecule has 1 amide bonds. The van der Waals surface area contributed by atoms with Crippen LogP contribution < -0.4 is 11.1 Å². The van der Waals surface area contributed by atoms with Crippen LogP contribution in [0.3, 0.4) is 0 Å². The first kappa shape index (κ1) is 15.1. The molecule has 2 rings (SSSR count). The lowest BCUT2D eigenvalue weighted by atomic mass is 10.1. The van der Waals surface area contributed by atoms with Crippen LogP contribution in [0.15, 0.2) is 23.6 Å². The van der Waals surface area contributed by atoms with Gasteiger partial charge >= 0.3 is 0 Å². The Morgan fingerprint density at radius 1 is 1.50 bits per heavy atom. The minimum Gasteiger partial charge on any atom is -0.375 e. The molecule has 20 heavy (non-hydrogen) atoms. The van der Waals surface area contributed by atoms with E-state index in [2.05, 4.69) is 10.3 Å². The van der Waals surface area contributed by atoms with Gasteiger partial charge in [-0.15, -0.1) is 11.3 Å². The van der Waals surface area contributed by atoms with Crippen LogP contribution in [0.4, 0.5) is 5.13 Å². The van der Waals surface area contributed by atoms with Gasteiger partial charge in [0.25, 0.3) is 0 Å². The number of aromatic nitrogens is 1. The van der Waals surface area contributed by atoms with E-state index in [0.29, 0.717) is 20.9 Å². The summed E-state index contributed by atoms with van der Waals surface area (Å²) >= 11 is 13.3. The highest BCUT2D eigenvalue weighted by Crippen LogP contribution is 2.26. The fourth-order valence-corrected chi connectivity index (χ4v) is 2.93. The number of carbonyl (C=O) groups is 1. The van der Waals surface area contributed by atoms with Crippen LogP contribution in [0.25, 0.3) is 0 Å². The summed E-state index contributed by atoms with van der Waals surface area (Å²) in [5, 5.41) is 6.20. The fraction of sp³-hybridized carbons (Fsp3) is 0.231. The summed E-state index contributed by atoms with van der Waals surface area (Å²) in [7, 11) is 0. The van der Waals surface area contributed by atoms with Crippen molar-refractivity contribution in [2.24, 2.45) is 0 Å². The molecule has 3 N–H and O–H groups in total. The zero-order valence-corrected chi connectivity index (χ0v) is 13.0. The van der Waals surface area contributed by atoms with Gasteiger partial charge < -0.3 is 11.1 Å². The summed E-state index contributed by atoms with van der Waals surface area (Å²) in [5.41, 5.74) is 7.01. The summed E-state index contributed by atoms with van der Waals surface area (Å²) in [5.74, 6) is -0.131. The van der Waals surface area contributed by atoms with Gasteiger partial charge in [-0.1, -0.05) is 29.3 Å². The van der Waals surface area contributed by atoms with Crippen molar-refractivity contribution in [3.63, 3.8) is 0 Å². The lowest BCUT2D eigenvalue weighted by Crippen LogP contribution is -2.28. The van der Waals surface area contributed by atoms with Crippen molar-refractivity contribution in [1.29, 1.82) is 0 Å². The monoisotopic (exact) mass is 329 g/mol. The van der Waals surface area contributed by atoms with Crippen molar-refractivity contribution in [1.82, 2.24) is 10.3 Å². The van der Waals surface area contributed by atoms with Crippen molar-refractivity contribution in [3.05, 3.63) is 44.9 Å². The molecule has 0 radical (unpaired) electrons. The minimum absolute atomic E-state index is 0.131. The summed E-state index contributed by atoms with van der Waals surface area (Å²) in [6.07, 6.45) is 0.198. The summed E-state index contributed by atoms with van der Waals surface area (Å²) in [4.78, 5) is 16.0. The third kappa shape index (κ3) is 3.85. The molecule has 0 aliphatic carbocycles. The molecule has 7 heteroatoms. The topological polar surface area (TPSA) is 68.0 Å². The molecule has 1 aromatic heterocycles. The van der Waals surface area contributed by atoms with Crippen molar-refractivity contribution in [2.75, 3.05) is 5.73 Å². The average molecular weight is 330 g/mol. The van der Waals surface area contributed by atoms with E-state index in [1.807, 2.05) is 6.92 Å². The molecule has 0 saturated heterocycles. The zero-order chi connectivity index (χ0) is 14.7. The van der Waals surface area contributed by atoms with Gasteiger partial charge in [-0.3, -0.25) is 4.79 Å². The fourth-order valence-electron chi connectivity index (χ4n) is 1.79. The Kier molecular flexibility index (Phi) is 4.86. The number of nitrogen functional groups attached to an aromatic ring is 1. The second-order valence-corrected chi connectivity index (χ2v) is 6.04. The van der Waals surface area contributed by atoms with Crippen LogP contribution in [0.1, 0.15) is 24.2 Å². The SMILES string of the molecule is CC(NC(=O)Cc1csc(N)n1)c1ccc(Cl)cc1Cl. The highest BCUT2D eigenvalue weighted by atomic mass is 35.5. The molecule has 1 unspecified atom stereocenters. The first-order valence-electron chi connectivity index (χ1n) is 5.90. The summed E-state index contributed by atoms with van der Waals surface area (Å²) < 4.78 is 0. The van der Waals surface area contributed by atoms with Gasteiger partial charge in [0.1, 0.15) is 0 Å². The number of nitrogens with zero attached hydrogens (tertiary/aromatic N) is 1. The van der Waals surface area contributed by atoms with Gasteiger partial charge in [0.05, 0.1) is 18.2 Å². The third-order valence-electron chi connectivity index (χ3n) is 2.72. The molecular formula is C13H13Cl2N3OS. The maximum atomic E-state index is 11.9. The number of nitrogens with one attached hydrogen (secondary N) is 1. The lowest BCUT2D eigenvalue weighted by Gasteiger charge is -2.15. The van der Waals surface area contributed by atoms with E-state index in [1.54, 1.807) is 23.6 Å². The zero-order valence-electron chi connectivity index (χ0n) is 10.7. The molecule has 1 aromatic carbocycles. The van der Waals surface area contributed by atoms with Gasteiger partial charge in [0.15, 0.2) is 5.13 Å². The molecule has 0 bridgehead atoms. The first-order chi connectivity index (χ1) is 9.45. The number of amides is 1. The maximum Gasteiger partial charge on any atom is 0.226 e. The maximum absolute atomic E-state index is 11.9. The second-order valence-electron chi connectivity index (χ2n) is 4.31. The first-order valence-corrected chi connectivity index (χ1v) is 7.53. The summed E-state index contributed by atoms with van der Waals surface area (Å²) in [6.45, 7) is 1.86. The second kappa shape index (κ2) is 6.43. The Bertz CT molecular complexity index is 630.